The Morgan fingerprint density at radius 3 is 2.71 bits per heavy atom. The zero-order valence-corrected chi connectivity index (χ0v) is 9.89. The molecule has 0 aliphatic carbocycles. The predicted molar refractivity (Wildman–Crippen MR) is 67.8 cm³/mol. The lowest BCUT2D eigenvalue weighted by Crippen LogP contribution is -2.13. The summed E-state index contributed by atoms with van der Waals surface area (Å²) >= 11 is 0. The van der Waals surface area contributed by atoms with Crippen molar-refractivity contribution in [1.82, 2.24) is 10.3 Å². The highest BCUT2D eigenvalue weighted by molar-refractivity contribution is 5.29. The van der Waals surface area contributed by atoms with Crippen molar-refractivity contribution in [2.24, 2.45) is 0 Å². The van der Waals surface area contributed by atoms with Crippen LogP contribution in [0.25, 0.3) is 0 Å². The molecule has 0 radical (unpaired) electrons. The fraction of sp³-hybridized carbons (Fsp3) is 0.214. The van der Waals surface area contributed by atoms with E-state index in [9.17, 15) is 0 Å². The van der Waals surface area contributed by atoms with Gasteiger partial charge in [0.15, 0.2) is 0 Å². The summed E-state index contributed by atoms with van der Waals surface area (Å²) in [5.41, 5.74) is 2.35. The predicted octanol–water partition coefficient (Wildman–Crippen LogP) is 2.38. The molecule has 0 saturated heterocycles. The Labute approximate surface area is 101 Å². The van der Waals surface area contributed by atoms with Crippen LogP contribution in [0, 0.1) is 0 Å². The van der Waals surface area contributed by atoms with Crippen LogP contribution in [0.15, 0.2) is 48.8 Å². The molecule has 0 aliphatic heterocycles. The van der Waals surface area contributed by atoms with Crippen molar-refractivity contribution in [3.05, 3.63) is 59.9 Å². The van der Waals surface area contributed by atoms with Crippen LogP contribution in [0.5, 0.6) is 5.75 Å². The van der Waals surface area contributed by atoms with E-state index in [1.165, 1.54) is 5.56 Å². The number of rotatable bonds is 5. The summed E-state index contributed by atoms with van der Waals surface area (Å²) in [5, 5.41) is 3.37. The van der Waals surface area contributed by atoms with E-state index < -0.39 is 0 Å². The summed E-state index contributed by atoms with van der Waals surface area (Å²) < 4.78 is 5.27. The third kappa shape index (κ3) is 3.29. The minimum Gasteiger partial charge on any atom is -0.496 e. The van der Waals surface area contributed by atoms with Gasteiger partial charge in [-0.05, 0) is 11.6 Å². The van der Waals surface area contributed by atoms with Gasteiger partial charge in [-0.1, -0.05) is 30.3 Å². The van der Waals surface area contributed by atoms with E-state index in [2.05, 4.69) is 22.4 Å². The van der Waals surface area contributed by atoms with Gasteiger partial charge in [0.25, 0.3) is 0 Å². The molecule has 1 heterocycles. The standard InChI is InChI=1S/C14H16N2O/c1-17-14-7-8-15-10-13(14)11-16-9-12-5-3-2-4-6-12/h2-8,10,16H,9,11H2,1H3. The lowest BCUT2D eigenvalue weighted by molar-refractivity contribution is 0.407. The summed E-state index contributed by atoms with van der Waals surface area (Å²) in [7, 11) is 1.68. The van der Waals surface area contributed by atoms with Crippen molar-refractivity contribution in [2.45, 2.75) is 13.1 Å². The molecular formula is C14H16N2O. The number of aromatic nitrogens is 1. The van der Waals surface area contributed by atoms with Crippen molar-refractivity contribution in [3.63, 3.8) is 0 Å². The number of nitrogens with one attached hydrogen (secondary N) is 1. The second-order valence-electron chi connectivity index (χ2n) is 3.78. The molecule has 0 atom stereocenters. The van der Waals surface area contributed by atoms with E-state index in [4.69, 9.17) is 4.74 Å². The Kier molecular flexibility index (Phi) is 4.11. The number of nitrogens with zero attached hydrogens (tertiary/aromatic N) is 1. The smallest absolute Gasteiger partial charge is 0.126 e. The molecule has 1 aromatic heterocycles. The molecule has 0 fully saturated rings. The minimum absolute atomic E-state index is 0.756. The summed E-state index contributed by atoms with van der Waals surface area (Å²) in [5.74, 6) is 0.876. The molecule has 0 bridgehead atoms. The van der Waals surface area contributed by atoms with Gasteiger partial charge in [-0.15, -0.1) is 0 Å². The average Bonchev–Trinajstić information content (AvgIpc) is 2.40. The molecule has 3 nitrogen and oxygen atoms in total. The second-order valence-corrected chi connectivity index (χ2v) is 3.78. The number of pyridine rings is 1. The lowest BCUT2D eigenvalue weighted by Gasteiger charge is -2.08. The van der Waals surface area contributed by atoms with Gasteiger partial charge in [0.1, 0.15) is 5.75 Å². The quantitative estimate of drug-likeness (QED) is 0.853. The van der Waals surface area contributed by atoms with E-state index >= 15 is 0 Å². The fourth-order valence-corrected chi connectivity index (χ4v) is 1.68. The number of methoxy groups -OCH3 is 1. The fourth-order valence-electron chi connectivity index (χ4n) is 1.68. The van der Waals surface area contributed by atoms with E-state index in [1.807, 2.05) is 30.5 Å². The molecule has 0 spiro atoms. The third-order valence-corrected chi connectivity index (χ3v) is 2.57. The summed E-state index contributed by atoms with van der Waals surface area (Å²) in [6.07, 6.45) is 3.57. The Balaban J connectivity index is 1.90. The largest absolute Gasteiger partial charge is 0.496 e. The molecule has 88 valence electrons. The molecular weight excluding hydrogens is 212 g/mol. The van der Waals surface area contributed by atoms with Crippen LogP contribution < -0.4 is 10.1 Å². The number of hydrogen-bond donors (Lipinski definition) is 1. The van der Waals surface area contributed by atoms with Crippen molar-refractivity contribution in [1.29, 1.82) is 0 Å². The molecule has 0 unspecified atom stereocenters. The van der Waals surface area contributed by atoms with E-state index in [1.54, 1.807) is 13.3 Å². The molecule has 0 saturated carbocycles. The monoisotopic (exact) mass is 228 g/mol. The summed E-state index contributed by atoms with van der Waals surface area (Å²) in [6, 6.07) is 12.2. The van der Waals surface area contributed by atoms with Gasteiger partial charge in [-0.25, -0.2) is 0 Å². The first-order chi connectivity index (χ1) is 8.40. The van der Waals surface area contributed by atoms with Crippen molar-refractivity contribution >= 4 is 0 Å². The highest BCUT2D eigenvalue weighted by atomic mass is 16.5. The second kappa shape index (κ2) is 6.01. The van der Waals surface area contributed by atoms with E-state index in [0.29, 0.717) is 0 Å². The molecule has 1 aromatic carbocycles. The van der Waals surface area contributed by atoms with Crippen molar-refractivity contribution in [3.8, 4) is 5.75 Å². The highest BCUT2D eigenvalue weighted by Gasteiger charge is 2.01. The van der Waals surface area contributed by atoms with Gasteiger partial charge in [0.2, 0.25) is 0 Å². The topological polar surface area (TPSA) is 34.1 Å². The zero-order chi connectivity index (χ0) is 11.9. The molecule has 1 N–H and O–H groups in total. The molecule has 0 amide bonds. The highest BCUT2D eigenvalue weighted by Crippen LogP contribution is 2.15. The van der Waals surface area contributed by atoms with Crippen LogP contribution in [0.1, 0.15) is 11.1 Å². The lowest BCUT2D eigenvalue weighted by atomic mass is 10.2. The van der Waals surface area contributed by atoms with Gasteiger partial charge < -0.3 is 10.1 Å². The molecule has 17 heavy (non-hydrogen) atoms. The summed E-state index contributed by atoms with van der Waals surface area (Å²) in [4.78, 5) is 4.10. The number of benzene rings is 1. The normalized spacial score (nSPS) is 10.2. The van der Waals surface area contributed by atoms with Gasteiger partial charge in [-0.2, -0.15) is 0 Å². The van der Waals surface area contributed by atoms with Crippen LogP contribution in [0.4, 0.5) is 0 Å². The first-order valence-electron chi connectivity index (χ1n) is 5.61. The van der Waals surface area contributed by atoms with Gasteiger partial charge >= 0.3 is 0 Å². The molecule has 3 heteroatoms. The van der Waals surface area contributed by atoms with Crippen LogP contribution in [-0.2, 0) is 13.1 Å². The van der Waals surface area contributed by atoms with Crippen LogP contribution in [-0.4, -0.2) is 12.1 Å². The molecule has 2 aromatic rings. The van der Waals surface area contributed by atoms with Gasteiger partial charge in [-0.3, -0.25) is 4.98 Å². The van der Waals surface area contributed by atoms with E-state index in [-0.39, 0.29) is 0 Å². The van der Waals surface area contributed by atoms with Crippen molar-refractivity contribution in [2.75, 3.05) is 7.11 Å². The third-order valence-electron chi connectivity index (χ3n) is 2.57. The summed E-state index contributed by atoms with van der Waals surface area (Å²) in [6.45, 7) is 1.60. The van der Waals surface area contributed by atoms with Crippen LogP contribution in [0.2, 0.25) is 0 Å². The number of hydrogen-bond acceptors (Lipinski definition) is 3. The maximum absolute atomic E-state index is 5.27. The van der Waals surface area contributed by atoms with Crippen LogP contribution in [0.3, 0.4) is 0 Å². The van der Waals surface area contributed by atoms with Gasteiger partial charge in [0.05, 0.1) is 7.11 Å². The zero-order valence-electron chi connectivity index (χ0n) is 9.89. The SMILES string of the molecule is COc1ccncc1CNCc1ccccc1. The minimum atomic E-state index is 0.756. The Morgan fingerprint density at radius 2 is 1.94 bits per heavy atom. The molecule has 2 rings (SSSR count). The number of ether oxygens (including phenoxy) is 1. The Hall–Kier alpha value is -1.87. The maximum Gasteiger partial charge on any atom is 0.126 e. The Morgan fingerprint density at radius 1 is 1.12 bits per heavy atom. The van der Waals surface area contributed by atoms with Crippen LogP contribution >= 0.6 is 0 Å². The maximum atomic E-state index is 5.27. The Bertz CT molecular complexity index is 457. The van der Waals surface area contributed by atoms with E-state index in [0.717, 1.165) is 24.4 Å². The van der Waals surface area contributed by atoms with Crippen molar-refractivity contribution < 1.29 is 4.74 Å². The average molecular weight is 228 g/mol. The first kappa shape index (κ1) is 11.6. The molecule has 0 aliphatic rings. The van der Waals surface area contributed by atoms with Gasteiger partial charge in [0, 0.05) is 31.0 Å². The first-order valence-corrected chi connectivity index (χ1v) is 5.61.